The number of nitrogens with zero attached hydrogens (tertiary/aromatic N) is 3. The second-order valence-electron chi connectivity index (χ2n) is 11.1. The first kappa shape index (κ1) is 27.3. The fourth-order valence-corrected chi connectivity index (χ4v) is 6.36. The Morgan fingerprint density at radius 2 is 1.56 bits per heavy atom. The van der Waals surface area contributed by atoms with Gasteiger partial charge in [-0.25, -0.2) is 4.98 Å². The maximum atomic E-state index is 14.1. The van der Waals surface area contributed by atoms with E-state index in [4.69, 9.17) is 4.98 Å². The lowest BCUT2D eigenvalue weighted by Gasteiger charge is -2.37. The Hall–Kier alpha value is -3.85. The first-order valence-electron chi connectivity index (χ1n) is 14.2. The molecule has 1 aliphatic carbocycles. The van der Waals surface area contributed by atoms with Crippen LogP contribution < -0.4 is 10.3 Å². The van der Waals surface area contributed by atoms with Crippen molar-refractivity contribution >= 4 is 10.9 Å². The number of hydrogen-bond donors (Lipinski definition) is 1. The molecule has 1 saturated carbocycles. The lowest BCUT2D eigenvalue weighted by molar-refractivity contribution is -0.274. The van der Waals surface area contributed by atoms with Crippen LogP contribution in [0.1, 0.15) is 38.5 Å². The molecule has 1 unspecified atom stereocenters. The number of phenolic OH excluding ortho intramolecular Hbond substituents is 1. The summed E-state index contributed by atoms with van der Waals surface area (Å²) in [6.07, 6.45) is 2.26. The third-order valence-corrected chi connectivity index (χ3v) is 8.33. The minimum absolute atomic E-state index is 0.161. The Bertz CT molecular complexity index is 1580. The summed E-state index contributed by atoms with van der Waals surface area (Å²) in [6, 6.07) is 18.4. The molecule has 0 amide bonds. The molecule has 0 radical (unpaired) electrons. The van der Waals surface area contributed by atoms with Crippen LogP contribution in [0, 0.1) is 5.92 Å². The van der Waals surface area contributed by atoms with Crippen molar-refractivity contribution in [1.82, 2.24) is 14.5 Å². The number of halogens is 3. The van der Waals surface area contributed by atoms with Crippen LogP contribution in [0.5, 0.6) is 11.5 Å². The molecule has 3 aromatic carbocycles. The van der Waals surface area contributed by atoms with Gasteiger partial charge in [-0.05, 0) is 97.8 Å². The average molecular weight is 564 g/mol. The van der Waals surface area contributed by atoms with E-state index in [1.165, 1.54) is 49.9 Å². The van der Waals surface area contributed by atoms with E-state index < -0.39 is 6.36 Å². The largest absolute Gasteiger partial charge is 0.573 e. The van der Waals surface area contributed by atoms with E-state index in [9.17, 15) is 23.1 Å². The number of hydrogen-bond acceptors (Lipinski definition) is 5. The monoisotopic (exact) mass is 563 g/mol. The zero-order chi connectivity index (χ0) is 28.6. The molecule has 6 nitrogen and oxygen atoms in total. The maximum absolute atomic E-state index is 14.1. The summed E-state index contributed by atoms with van der Waals surface area (Å²) >= 11 is 0. The predicted molar refractivity (Wildman–Crippen MR) is 152 cm³/mol. The fourth-order valence-electron chi connectivity index (χ4n) is 6.36. The van der Waals surface area contributed by atoms with Crippen molar-refractivity contribution in [3.05, 3.63) is 77.1 Å². The molecule has 1 aliphatic heterocycles. The zero-order valence-corrected chi connectivity index (χ0v) is 22.6. The molecule has 214 valence electrons. The van der Waals surface area contributed by atoms with E-state index in [0.717, 1.165) is 37.1 Å². The van der Waals surface area contributed by atoms with Crippen LogP contribution in [0.2, 0.25) is 0 Å². The van der Waals surface area contributed by atoms with Gasteiger partial charge in [0.15, 0.2) is 0 Å². The lowest BCUT2D eigenvalue weighted by atomic mass is 9.95. The molecule has 0 bridgehead atoms. The van der Waals surface area contributed by atoms with Crippen LogP contribution in [-0.2, 0) is 6.54 Å². The number of piperidine rings is 1. The Balaban J connectivity index is 1.40. The molecular formula is C32H32F3N3O3. The average Bonchev–Trinajstić information content (AvgIpc) is 3.50. The number of alkyl halides is 3. The predicted octanol–water partition coefficient (Wildman–Crippen LogP) is 6.99. The zero-order valence-electron chi connectivity index (χ0n) is 22.6. The van der Waals surface area contributed by atoms with Crippen LogP contribution in [0.15, 0.2) is 71.5 Å². The van der Waals surface area contributed by atoms with Crippen molar-refractivity contribution < 1.29 is 23.0 Å². The molecule has 0 spiro atoms. The number of likely N-dealkylation sites (tertiary alicyclic amines) is 1. The van der Waals surface area contributed by atoms with Crippen molar-refractivity contribution in [2.75, 3.05) is 13.1 Å². The van der Waals surface area contributed by atoms with Crippen LogP contribution >= 0.6 is 0 Å². The highest BCUT2D eigenvalue weighted by Crippen LogP contribution is 2.31. The molecule has 2 fully saturated rings. The van der Waals surface area contributed by atoms with Crippen LogP contribution in [-0.4, -0.2) is 45.1 Å². The van der Waals surface area contributed by atoms with E-state index in [2.05, 4.69) is 9.64 Å². The van der Waals surface area contributed by atoms with Gasteiger partial charge in [0.1, 0.15) is 17.3 Å². The van der Waals surface area contributed by atoms with E-state index >= 15 is 0 Å². The second-order valence-corrected chi connectivity index (χ2v) is 11.1. The molecule has 1 N–H and O–H groups in total. The van der Waals surface area contributed by atoms with Gasteiger partial charge in [-0.15, -0.1) is 13.2 Å². The number of rotatable bonds is 6. The smallest absolute Gasteiger partial charge is 0.508 e. The molecule has 1 atom stereocenters. The highest BCUT2D eigenvalue weighted by atomic mass is 19.4. The van der Waals surface area contributed by atoms with Crippen molar-refractivity contribution in [1.29, 1.82) is 0 Å². The standard InChI is InChI=1S/C32H32F3N3O3/c33-32(34,35)41-27-14-9-23(10-15-27)30-36-29-16-11-24(22-7-12-26(39)13-8-22)18-28(29)31(40)38(30)20-21-4-3-17-37(19-21)25-5-1-2-6-25/h7-16,18,21,25,39H,1-6,17,19-20H2. The van der Waals surface area contributed by atoms with Gasteiger partial charge in [0.25, 0.3) is 5.56 Å². The first-order chi connectivity index (χ1) is 19.7. The Morgan fingerprint density at radius 1 is 0.878 bits per heavy atom. The van der Waals surface area contributed by atoms with Crippen LogP contribution in [0.4, 0.5) is 13.2 Å². The van der Waals surface area contributed by atoms with Crippen molar-refractivity contribution in [2.45, 2.75) is 57.5 Å². The van der Waals surface area contributed by atoms with Crippen LogP contribution in [0.25, 0.3) is 33.4 Å². The normalized spacial score (nSPS) is 18.7. The molecule has 6 rings (SSSR count). The van der Waals surface area contributed by atoms with E-state index in [0.29, 0.717) is 34.9 Å². The van der Waals surface area contributed by atoms with Crippen molar-refractivity contribution in [2.24, 2.45) is 5.92 Å². The second kappa shape index (κ2) is 11.2. The van der Waals surface area contributed by atoms with E-state index in [-0.39, 0.29) is 23.0 Å². The number of phenols is 1. The quantitative estimate of drug-likeness (QED) is 0.274. The number of aromatic hydroxyl groups is 1. The van der Waals surface area contributed by atoms with Gasteiger partial charge in [-0.1, -0.05) is 31.0 Å². The molecule has 1 saturated heterocycles. The third-order valence-electron chi connectivity index (χ3n) is 8.33. The minimum atomic E-state index is -4.79. The number of ether oxygens (including phenoxy) is 1. The molecular weight excluding hydrogens is 531 g/mol. The van der Waals surface area contributed by atoms with Gasteiger partial charge in [0, 0.05) is 24.7 Å². The van der Waals surface area contributed by atoms with Crippen molar-refractivity contribution in [3.8, 4) is 34.0 Å². The summed E-state index contributed by atoms with van der Waals surface area (Å²) in [6.45, 7) is 2.47. The highest BCUT2D eigenvalue weighted by molar-refractivity contribution is 5.85. The summed E-state index contributed by atoms with van der Waals surface area (Å²) in [5.41, 5.74) is 2.56. The Morgan fingerprint density at radius 3 is 2.27 bits per heavy atom. The van der Waals surface area contributed by atoms with E-state index in [1.807, 2.05) is 12.1 Å². The van der Waals surface area contributed by atoms with Gasteiger partial charge in [0.05, 0.1) is 10.9 Å². The van der Waals surface area contributed by atoms with Gasteiger partial charge >= 0.3 is 6.36 Å². The summed E-state index contributed by atoms with van der Waals surface area (Å²) in [5.74, 6) is 0.521. The minimum Gasteiger partial charge on any atom is -0.508 e. The third kappa shape index (κ3) is 6.10. The highest BCUT2D eigenvalue weighted by Gasteiger charge is 2.31. The first-order valence-corrected chi connectivity index (χ1v) is 14.2. The molecule has 9 heteroatoms. The van der Waals surface area contributed by atoms with Crippen molar-refractivity contribution in [3.63, 3.8) is 0 Å². The fraction of sp³-hybridized carbons (Fsp3) is 0.375. The lowest BCUT2D eigenvalue weighted by Crippen LogP contribution is -2.43. The topological polar surface area (TPSA) is 67.6 Å². The molecule has 4 aromatic rings. The summed E-state index contributed by atoms with van der Waals surface area (Å²) < 4.78 is 44.0. The summed E-state index contributed by atoms with van der Waals surface area (Å²) in [7, 11) is 0. The van der Waals surface area contributed by atoms with Gasteiger partial charge in [-0.3, -0.25) is 9.36 Å². The Kier molecular flexibility index (Phi) is 7.46. The summed E-state index contributed by atoms with van der Waals surface area (Å²) in [5, 5.41) is 10.2. The SMILES string of the molecule is O=c1c2cc(-c3ccc(O)cc3)ccc2nc(-c2ccc(OC(F)(F)F)cc2)n1CC1CCCN(C2CCCC2)C1. The van der Waals surface area contributed by atoms with Crippen LogP contribution in [0.3, 0.4) is 0 Å². The Labute approximate surface area is 236 Å². The van der Waals surface area contributed by atoms with E-state index in [1.54, 1.807) is 34.9 Å². The number of aromatic nitrogens is 2. The number of benzene rings is 3. The molecule has 2 heterocycles. The molecule has 41 heavy (non-hydrogen) atoms. The number of fused-ring (bicyclic) bond motifs is 1. The van der Waals surface area contributed by atoms with Gasteiger partial charge in [0.2, 0.25) is 0 Å². The molecule has 1 aromatic heterocycles. The molecule has 2 aliphatic rings. The maximum Gasteiger partial charge on any atom is 0.573 e. The van der Waals surface area contributed by atoms with Gasteiger partial charge < -0.3 is 14.7 Å². The summed E-state index contributed by atoms with van der Waals surface area (Å²) in [4.78, 5) is 21.6. The van der Waals surface area contributed by atoms with Gasteiger partial charge in [-0.2, -0.15) is 0 Å².